The van der Waals surface area contributed by atoms with E-state index in [1.54, 1.807) is 6.92 Å². The molecule has 24 heavy (non-hydrogen) atoms. The van der Waals surface area contributed by atoms with Crippen LogP contribution in [0, 0.1) is 32.1 Å². The van der Waals surface area contributed by atoms with Crippen LogP contribution in [-0.4, -0.2) is 9.67 Å². The van der Waals surface area contributed by atoms with Gasteiger partial charge in [0.1, 0.15) is 11.6 Å². The van der Waals surface area contributed by atoms with E-state index < -0.39 is 5.56 Å². The zero-order valence-electron chi connectivity index (χ0n) is 13.9. The number of aromatic nitrogens is 1. The van der Waals surface area contributed by atoms with Crippen molar-refractivity contribution in [1.29, 1.82) is 5.26 Å². The van der Waals surface area contributed by atoms with Crippen LogP contribution in [0.5, 0.6) is 5.88 Å². The fourth-order valence-corrected chi connectivity index (χ4v) is 2.29. The molecule has 0 saturated carbocycles. The molecule has 0 saturated heterocycles. The van der Waals surface area contributed by atoms with Crippen molar-refractivity contribution in [2.75, 3.05) is 0 Å². The van der Waals surface area contributed by atoms with Gasteiger partial charge in [-0.2, -0.15) is 10.4 Å². The monoisotopic (exact) mass is 322 g/mol. The molecule has 6 nitrogen and oxygen atoms in total. The number of hydrogen-bond donors (Lipinski definition) is 1. The molecule has 1 heterocycles. The van der Waals surface area contributed by atoms with E-state index >= 15 is 0 Å². The first-order valence-electron chi connectivity index (χ1n) is 7.37. The normalized spacial score (nSPS) is 10.8. The van der Waals surface area contributed by atoms with Gasteiger partial charge in [-0.3, -0.25) is 9.36 Å². The minimum Gasteiger partial charge on any atom is -0.493 e. The fraction of sp³-hybridized carbons (Fsp3) is 0.222. The van der Waals surface area contributed by atoms with Gasteiger partial charge in [0.05, 0.1) is 5.69 Å². The molecule has 0 unspecified atom stereocenters. The first-order chi connectivity index (χ1) is 11.4. The van der Waals surface area contributed by atoms with Crippen molar-refractivity contribution in [3.05, 3.63) is 63.5 Å². The average Bonchev–Trinajstić information content (AvgIpc) is 2.55. The molecule has 1 aromatic heterocycles. The molecule has 0 aliphatic heterocycles. The van der Waals surface area contributed by atoms with Crippen LogP contribution in [0.25, 0.3) is 0 Å². The molecule has 0 atom stereocenters. The summed E-state index contributed by atoms with van der Waals surface area (Å²) in [5.74, 6) is -0.384. The third-order valence-corrected chi connectivity index (χ3v) is 3.70. The van der Waals surface area contributed by atoms with Crippen LogP contribution in [0.15, 0.2) is 45.9 Å². The molecule has 0 radical (unpaired) electrons. The SMILES string of the molecule is C=CCn1c(O)c(C#N)c(C)c(N=Nc2cc(C)ccc2C)c1=O. The number of nitrogens with zero attached hydrogens (tertiary/aromatic N) is 4. The molecule has 1 N–H and O–H groups in total. The molecule has 2 rings (SSSR count). The van der Waals surface area contributed by atoms with Gasteiger partial charge in [0.15, 0.2) is 5.69 Å². The molecule has 1 aromatic carbocycles. The van der Waals surface area contributed by atoms with Crippen molar-refractivity contribution in [2.45, 2.75) is 27.3 Å². The first-order valence-corrected chi connectivity index (χ1v) is 7.37. The Hall–Kier alpha value is -3.20. The summed E-state index contributed by atoms with van der Waals surface area (Å²) >= 11 is 0. The zero-order valence-corrected chi connectivity index (χ0v) is 13.9. The summed E-state index contributed by atoms with van der Waals surface area (Å²) in [4.78, 5) is 12.5. The number of allylic oxidation sites excluding steroid dienone is 1. The largest absolute Gasteiger partial charge is 0.493 e. The predicted octanol–water partition coefficient (Wildman–Crippen LogP) is 3.95. The summed E-state index contributed by atoms with van der Waals surface area (Å²) in [5.41, 5.74) is 2.42. The third kappa shape index (κ3) is 3.10. The molecule has 0 aliphatic carbocycles. The topological polar surface area (TPSA) is 90.7 Å². The van der Waals surface area contributed by atoms with Gasteiger partial charge >= 0.3 is 0 Å². The lowest BCUT2D eigenvalue weighted by Gasteiger charge is -2.11. The Morgan fingerprint density at radius 2 is 2.04 bits per heavy atom. The number of hydrogen-bond acceptors (Lipinski definition) is 5. The summed E-state index contributed by atoms with van der Waals surface area (Å²) in [6, 6.07) is 7.65. The van der Waals surface area contributed by atoms with Crippen LogP contribution >= 0.6 is 0 Å². The Kier molecular flexibility index (Phi) is 4.95. The van der Waals surface area contributed by atoms with E-state index in [0.29, 0.717) is 11.3 Å². The lowest BCUT2D eigenvalue weighted by Crippen LogP contribution is -2.21. The lowest BCUT2D eigenvalue weighted by molar-refractivity contribution is 0.414. The highest BCUT2D eigenvalue weighted by atomic mass is 16.3. The van der Waals surface area contributed by atoms with Gasteiger partial charge < -0.3 is 5.11 Å². The van der Waals surface area contributed by atoms with Crippen LogP contribution in [0.4, 0.5) is 11.4 Å². The zero-order chi connectivity index (χ0) is 17.9. The maximum Gasteiger partial charge on any atom is 0.281 e. The van der Waals surface area contributed by atoms with E-state index in [9.17, 15) is 15.2 Å². The number of rotatable bonds is 4. The van der Waals surface area contributed by atoms with Crippen molar-refractivity contribution in [3.63, 3.8) is 0 Å². The smallest absolute Gasteiger partial charge is 0.281 e. The van der Waals surface area contributed by atoms with Crippen molar-refractivity contribution in [1.82, 2.24) is 4.57 Å². The second kappa shape index (κ2) is 6.92. The summed E-state index contributed by atoms with van der Waals surface area (Å²) in [6.45, 7) is 9.03. The molecule has 0 aliphatic rings. The first kappa shape index (κ1) is 17.2. The van der Waals surface area contributed by atoms with Crippen LogP contribution in [0.3, 0.4) is 0 Å². The van der Waals surface area contributed by atoms with Crippen molar-refractivity contribution in [2.24, 2.45) is 10.2 Å². The maximum atomic E-state index is 12.5. The van der Waals surface area contributed by atoms with Crippen LogP contribution in [-0.2, 0) is 6.54 Å². The quantitative estimate of drug-likeness (QED) is 0.682. The van der Waals surface area contributed by atoms with Gasteiger partial charge in [-0.05, 0) is 38.0 Å². The number of nitriles is 1. The van der Waals surface area contributed by atoms with Gasteiger partial charge in [0.25, 0.3) is 5.56 Å². The average molecular weight is 322 g/mol. The Labute approximate surface area is 140 Å². The number of pyridine rings is 1. The van der Waals surface area contributed by atoms with Crippen molar-refractivity contribution in [3.8, 4) is 11.9 Å². The van der Waals surface area contributed by atoms with Crippen molar-refractivity contribution >= 4 is 11.4 Å². The van der Waals surface area contributed by atoms with E-state index in [2.05, 4.69) is 16.8 Å². The Bertz CT molecular complexity index is 934. The van der Waals surface area contributed by atoms with Gasteiger partial charge in [-0.25, -0.2) is 0 Å². The Balaban J connectivity index is 2.66. The number of benzene rings is 1. The second-order valence-electron chi connectivity index (χ2n) is 5.48. The van der Waals surface area contributed by atoms with Gasteiger partial charge in [-0.1, -0.05) is 18.2 Å². The third-order valence-electron chi connectivity index (χ3n) is 3.70. The van der Waals surface area contributed by atoms with Crippen LogP contribution < -0.4 is 5.56 Å². The highest BCUT2D eigenvalue weighted by Crippen LogP contribution is 2.28. The number of aryl methyl sites for hydroxylation is 2. The summed E-state index contributed by atoms with van der Waals surface area (Å²) < 4.78 is 1.05. The van der Waals surface area contributed by atoms with Crippen molar-refractivity contribution < 1.29 is 5.11 Å². The van der Waals surface area contributed by atoms with E-state index in [1.807, 2.05) is 38.1 Å². The van der Waals surface area contributed by atoms with Gasteiger partial charge in [-0.15, -0.1) is 11.7 Å². The van der Waals surface area contributed by atoms with Gasteiger partial charge in [0, 0.05) is 12.1 Å². The summed E-state index contributed by atoms with van der Waals surface area (Å²) in [7, 11) is 0. The van der Waals surface area contributed by atoms with Gasteiger partial charge in [0.2, 0.25) is 5.88 Å². The maximum absolute atomic E-state index is 12.5. The molecule has 0 bridgehead atoms. The second-order valence-corrected chi connectivity index (χ2v) is 5.48. The molecular formula is C18H18N4O2. The molecule has 122 valence electrons. The minimum absolute atomic E-state index is 0.00589. The molecule has 0 fully saturated rings. The molecule has 6 heteroatoms. The molecule has 2 aromatic rings. The van der Waals surface area contributed by atoms with E-state index in [0.717, 1.165) is 15.7 Å². The summed E-state index contributed by atoms with van der Waals surface area (Å²) in [6.07, 6.45) is 1.46. The van der Waals surface area contributed by atoms with E-state index in [1.165, 1.54) is 6.08 Å². The number of azo groups is 1. The van der Waals surface area contributed by atoms with Crippen LogP contribution in [0.2, 0.25) is 0 Å². The lowest BCUT2D eigenvalue weighted by atomic mass is 10.1. The molecule has 0 amide bonds. The standard InChI is InChI=1S/C18H18N4O2/c1-5-8-22-17(23)14(10-19)13(4)16(18(22)24)21-20-15-9-11(2)6-7-12(15)3/h5-7,9,23H,1,8H2,2-4H3. The molecule has 0 spiro atoms. The van der Waals surface area contributed by atoms with E-state index in [4.69, 9.17) is 0 Å². The highest BCUT2D eigenvalue weighted by molar-refractivity contribution is 5.57. The summed E-state index contributed by atoms with van der Waals surface area (Å²) in [5, 5.41) is 27.6. The highest BCUT2D eigenvalue weighted by Gasteiger charge is 2.18. The van der Waals surface area contributed by atoms with E-state index in [-0.39, 0.29) is 23.7 Å². The Morgan fingerprint density at radius 1 is 1.33 bits per heavy atom. The number of aromatic hydroxyl groups is 1. The Morgan fingerprint density at radius 3 is 2.67 bits per heavy atom. The molecular weight excluding hydrogens is 304 g/mol. The predicted molar refractivity (Wildman–Crippen MR) is 92.1 cm³/mol. The van der Waals surface area contributed by atoms with Crippen LogP contribution in [0.1, 0.15) is 22.3 Å². The minimum atomic E-state index is -0.516. The fourth-order valence-electron chi connectivity index (χ4n) is 2.29.